The molecule has 0 spiro atoms. The van der Waals surface area contributed by atoms with E-state index in [0.717, 1.165) is 0 Å². The van der Waals surface area contributed by atoms with Crippen LogP contribution in [0.1, 0.15) is 17.3 Å². The van der Waals surface area contributed by atoms with Gasteiger partial charge in [-0.15, -0.1) is 0 Å². The number of Topliss-reactive ketones (excluding diaryl/α,β-unsaturated/α-hetero) is 1. The zero-order valence-corrected chi connectivity index (χ0v) is 12.6. The SMILES string of the molecule is CC(=O)c1cc(Br)cc([N+](=O)[O-])c1OCCN(C)C. The van der Waals surface area contributed by atoms with Gasteiger partial charge in [0.15, 0.2) is 5.78 Å². The number of halogens is 1. The van der Waals surface area contributed by atoms with Gasteiger partial charge >= 0.3 is 5.69 Å². The molecule has 7 heteroatoms. The normalized spacial score (nSPS) is 10.6. The van der Waals surface area contributed by atoms with Gasteiger partial charge in [0, 0.05) is 17.1 Å². The minimum atomic E-state index is -0.553. The number of ether oxygens (including phenoxy) is 1. The molecule has 0 radical (unpaired) electrons. The number of nitrogens with zero attached hydrogens (tertiary/aromatic N) is 2. The smallest absolute Gasteiger partial charge is 0.312 e. The van der Waals surface area contributed by atoms with Crippen molar-refractivity contribution >= 4 is 27.4 Å². The van der Waals surface area contributed by atoms with Gasteiger partial charge in [-0.05, 0) is 27.1 Å². The first-order valence-corrected chi connectivity index (χ1v) is 6.38. The maximum absolute atomic E-state index is 11.6. The van der Waals surface area contributed by atoms with Crippen LogP contribution in [0.5, 0.6) is 5.75 Å². The van der Waals surface area contributed by atoms with Crippen LogP contribution in [0.3, 0.4) is 0 Å². The molecule has 0 fully saturated rings. The minimum absolute atomic E-state index is 0.0301. The third-order valence-electron chi connectivity index (χ3n) is 2.39. The summed E-state index contributed by atoms with van der Waals surface area (Å²) in [6, 6.07) is 2.86. The minimum Gasteiger partial charge on any atom is -0.485 e. The zero-order chi connectivity index (χ0) is 14.6. The molecule has 0 heterocycles. The Bertz CT molecular complexity index is 467. The highest BCUT2D eigenvalue weighted by Gasteiger charge is 2.23. The standard InChI is InChI=1S/C12H15BrN2O4/c1-8(16)10-6-9(13)7-11(15(17)18)12(10)19-5-4-14(2)3/h6-7H,4-5H2,1-3H3. The molecule has 0 saturated carbocycles. The van der Waals surface area contributed by atoms with E-state index >= 15 is 0 Å². The Morgan fingerprint density at radius 2 is 2.11 bits per heavy atom. The number of rotatable bonds is 6. The average Bonchev–Trinajstić information content (AvgIpc) is 2.29. The third kappa shape index (κ3) is 4.29. The number of hydrogen-bond donors (Lipinski definition) is 0. The van der Waals surface area contributed by atoms with Gasteiger partial charge in [0.05, 0.1) is 10.5 Å². The highest BCUT2D eigenvalue weighted by Crippen LogP contribution is 2.34. The predicted octanol–water partition coefficient (Wildman–Crippen LogP) is 2.50. The van der Waals surface area contributed by atoms with Crippen LogP contribution >= 0.6 is 15.9 Å². The number of carbonyl (C=O) groups is 1. The first-order chi connectivity index (χ1) is 8.82. The molecule has 0 atom stereocenters. The van der Waals surface area contributed by atoms with Crippen LogP contribution in [0.25, 0.3) is 0 Å². The molecule has 1 aromatic rings. The second kappa shape index (κ2) is 6.63. The highest BCUT2D eigenvalue weighted by atomic mass is 79.9. The number of likely N-dealkylation sites (N-methyl/N-ethyl adjacent to an activating group) is 1. The van der Waals surface area contributed by atoms with Crippen molar-refractivity contribution in [3.8, 4) is 5.75 Å². The third-order valence-corrected chi connectivity index (χ3v) is 2.85. The van der Waals surface area contributed by atoms with E-state index in [0.29, 0.717) is 11.0 Å². The van der Waals surface area contributed by atoms with E-state index in [1.54, 1.807) is 0 Å². The molecule has 104 valence electrons. The number of carbonyl (C=O) groups excluding carboxylic acids is 1. The van der Waals surface area contributed by atoms with Gasteiger partial charge in [-0.25, -0.2) is 0 Å². The van der Waals surface area contributed by atoms with Gasteiger partial charge in [0.25, 0.3) is 0 Å². The van der Waals surface area contributed by atoms with Crippen molar-refractivity contribution in [3.05, 3.63) is 32.3 Å². The topological polar surface area (TPSA) is 72.7 Å². The van der Waals surface area contributed by atoms with Crippen molar-refractivity contribution in [2.45, 2.75) is 6.92 Å². The Morgan fingerprint density at radius 1 is 1.47 bits per heavy atom. The monoisotopic (exact) mass is 330 g/mol. The quantitative estimate of drug-likeness (QED) is 0.455. The van der Waals surface area contributed by atoms with Crippen LogP contribution in [0, 0.1) is 10.1 Å². The Balaban J connectivity index is 3.16. The fourth-order valence-electron chi connectivity index (χ4n) is 1.46. The van der Waals surface area contributed by atoms with Crippen molar-refractivity contribution in [1.82, 2.24) is 4.90 Å². The molecule has 0 saturated heterocycles. The van der Waals surface area contributed by atoms with E-state index in [4.69, 9.17) is 4.74 Å². The van der Waals surface area contributed by atoms with Crippen LogP contribution in [0.4, 0.5) is 5.69 Å². The molecule has 0 bridgehead atoms. The van der Waals surface area contributed by atoms with E-state index in [1.165, 1.54) is 19.1 Å². The second-order valence-corrected chi connectivity index (χ2v) is 5.18. The Labute approximate surface area is 119 Å². The molecule has 0 unspecified atom stereocenters. The van der Waals surface area contributed by atoms with E-state index < -0.39 is 4.92 Å². The lowest BCUT2D eigenvalue weighted by Crippen LogP contribution is -2.20. The molecular formula is C12H15BrN2O4. The summed E-state index contributed by atoms with van der Waals surface area (Å²) in [6.45, 7) is 2.23. The van der Waals surface area contributed by atoms with Crippen molar-refractivity contribution < 1.29 is 14.5 Å². The largest absolute Gasteiger partial charge is 0.485 e. The van der Waals surface area contributed by atoms with Gasteiger partial charge in [0.2, 0.25) is 5.75 Å². The maximum atomic E-state index is 11.6. The van der Waals surface area contributed by atoms with Crippen LogP contribution < -0.4 is 4.74 Å². The summed E-state index contributed by atoms with van der Waals surface area (Å²) in [5, 5.41) is 11.0. The second-order valence-electron chi connectivity index (χ2n) is 4.27. The fraction of sp³-hybridized carbons (Fsp3) is 0.417. The van der Waals surface area contributed by atoms with Crippen molar-refractivity contribution in [1.29, 1.82) is 0 Å². The number of nitro groups is 1. The van der Waals surface area contributed by atoms with Gasteiger partial charge in [-0.3, -0.25) is 14.9 Å². The summed E-state index contributed by atoms with van der Waals surface area (Å²) >= 11 is 3.15. The van der Waals surface area contributed by atoms with E-state index in [1.807, 2.05) is 19.0 Å². The van der Waals surface area contributed by atoms with E-state index in [9.17, 15) is 14.9 Å². The zero-order valence-electron chi connectivity index (χ0n) is 11.0. The van der Waals surface area contributed by atoms with Crippen molar-refractivity contribution in [2.75, 3.05) is 27.2 Å². The summed E-state index contributed by atoms with van der Waals surface area (Å²) in [7, 11) is 3.73. The average molecular weight is 331 g/mol. The van der Waals surface area contributed by atoms with Gasteiger partial charge in [-0.1, -0.05) is 15.9 Å². The number of ketones is 1. The summed E-state index contributed by atoms with van der Waals surface area (Å²) < 4.78 is 5.91. The van der Waals surface area contributed by atoms with Crippen molar-refractivity contribution in [2.24, 2.45) is 0 Å². The molecule has 19 heavy (non-hydrogen) atoms. The van der Waals surface area contributed by atoms with Gasteiger partial charge in [-0.2, -0.15) is 0 Å². The predicted molar refractivity (Wildman–Crippen MR) is 74.8 cm³/mol. The summed E-state index contributed by atoms with van der Waals surface area (Å²) in [5.41, 5.74) is -0.00170. The molecule has 1 aromatic carbocycles. The van der Waals surface area contributed by atoms with Gasteiger partial charge in [0.1, 0.15) is 6.61 Å². The first-order valence-electron chi connectivity index (χ1n) is 5.59. The molecular weight excluding hydrogens is 316 g/mol. The highest BCUT2D eigenvalue weighted by molar-refractivity contribution is 9.10. The van der Waals surface area contributed by atoms with Crippen LogP contribution in [-0.2, 0) is 0 Å². The number of hydrogen-bond acceptors (Lipinski definition) is 5. The summed E-state index contributed by atoms with van der Waals surface area (Å²) in [6.07, 6.45) is 0. The van der Waals surface area contributed by atoms with Crippen LogP contribution in [0.2, 0.25) is 0 Å². The number of nitro benzene ring substituents is 1. The van der Waals surface area contributed by atoms with Crippen LogP contribution in [0.15, 0.2) is 16.6 Å². The number of benzene rings is 1. The Morgan fingerprint density at radius 3 is 2.58 bits per heavy atom. The fourth-order valence-corrected chi connectivity index (χ4v) is 1.90. The summed E-state index contributed by atoms with van der Waals surface area (Å²) in [4.78, 5) is 23.9. The van der Waals surface area contributed by atoms with E-state index in [-0.39, 0.29) is 29.4 Å². The van der Waals surface area contributed by atoms with E-state index in [2.05, 4.69) is 15.9 Å². The lowest BCUT2D eigenvalue weighted by molar-refractivity contribution is -0.386. The first kappa shape index (κ1) is 15.6. The van der Waals surface area contributed by atoms with Crippen LogP contribution in [-0.4, -0.2) is 42.9 Å². The molecule has 0 N–H and O–H groups in total. The molecule has 1 rings (SSSR count). The summed E-state index contributed by atoms with van der Waals surface area (Å²) in [5.74, 6) is -0.244. The molecule has 0 aliphatic carbocycles. The maximum Gasteiger partial charge on any atom is 0.312 e. The molecule has 0 aliphatic heterocycles. The molecule has 0 amide bonds. The lowest BCUT2D eigenvalue weighted by Gasteiger charge is -2.13. The van der Waals surface area contributed by atoms with Crippen molar-refractivity contribution in [3.63, 3.8) is 0 Å². The Kier molecular flexibility index (Phi) is 5.44. The molecule has 0 aromatic heterocycles. The van der Waals surface area contributed by atoms with Gasteiger partial charge < -0.3 is 9.64 Å². The Hall–Kier alpha value is -1.47. The molecule has 6 nitrogen and oxygen atoms in total. The lowest BCUT2D eigenvalue weighted by atomic mass is 10.1. The molecule has 0 aliphatic rings.